The number of anilines is 1. The van der Waals surface area contributed by atoms with E-state index in [1.54, 1.807) is 11.3 Å². The lowest BCUT2D eigenvalue weighted by Gasteiger charge is -2.42. The topological polar surface area (TPSA) is 73.5 Å². The highest BCUT2D eigenvalue weighted by Crippen LogP contribution is 2.28. The number of morpholine rings is 1. The van der Waals surface area contributed by atoms with Gasteiger partial charge in [-0.25, -0.2) is 4.79 Å². The molecule has 2 aromatic heterocycles. The first-order chi connectivity index (χ1) is 12.2. The minimum absolute atomic E-state index is 0.118. The van der Waals surface area contributed by atoms with Crippen LogP contribution in [0, 0.1) is 0 Å². The summed E-state index contributed by atoms with van der Waals surface area (Å²) in [5.41, 5.74) is 1.07. The van der Waals surface area contributed by atoms with E-state index in [1.807, 2.05) is 28.0 Å². The Bertz CT molecular complexity index is 736. The molecule has 0 spiro atoms. The lowest BCUT2D eigenvalue weighted by Crippen LogP contribution is -2.55. The molecule has 7 nitrogen and oxygen atoms in total. The number of thiophene rings is 1. The van der Waals surface area contributed by atoms with E-state index in [1.165, 1.54) is 4.88 Å². The first-order valence-corrected chi connectivity index (χ1v) is 9.53. The number of hydrogen-bond donors (Lipinski definition) is 2. The number of halogens is 1. The lowest BCUT2D eigenvalue weighted by atomic mass is 9.97. The van der Waals surface area contributed by atoms with Crippen molar-refractivity contribution in [3.05, 3.63) is 33.1 Å². The summed E-state index contributed by atoms with van der Waals surface area (Å²) < 4.78 is 6.08. The summed E-state index contributed by atoms with van der Waals surface area (Å²) in [6.07, 6.45) is 0. The molecule has 0 atom stereocenters. The molecule has 2 N–H and O–H groups in total. The van der Waals surface area contributed by atoms with Gasteiger partial charge in [0.05, 0.1) is 24.1 Å². The smallest absolute Gasteiger partial charge is 0.320 e. The molecule has 4 heterocycles. The van der Waals surface area contributed by atoms with E-state index in [-0.39, 0.29) is 6.03 Å². The molecule has 0 saturated carbocycles. The highest BCUT2D eigenvalue weighted by atomic mass is 35.5. The maximum absolute atomic E-state index is 12.4. The number of urea groups is 1. The quantitative estimate of drug-likeness (QED) is 0.853. The van der Waals surface area contributed by atoms with Gasteiger partial charge in [-0.2, -0.15) is 5.10 Å². The van der Waals surface area contributed by atoms with Crippen LogP contribution in [0.3, 0.4) is 0 Å². The zero-order valence-electron chi connectivity index (χ0n) is 13.7. The molecule has 9 heteroatoms. The molecule has 0 aliphatic carbocycles. The monoisotopic (exact) mass is 381 g/mol. The average molecular weight is 382 g/mol. The van der Waals surface area contributed by atoms with Crippen LogP contribution in [0.5, 0.6) is 0 Å². The number of ether oxygens (including phenoxy) is 1. The number of aromatic nitrogens is 2. The van der Waals surface area contributed by atoms with Crippen LogP contribution < -0.4 is 5.32 Å². The van der Waals surface area contributed by atoms with Gasteiger partial charge in [-0.1, -0.05) is 11.6 Å². The van der Waals surface area contributed by atoms with Crippen LogP contribution in [0.4, 0.5) is 10.6 Å². The maximum Gasteiger partial charge on any atom is 0.320 e. The molecule has 2 fully saturated rings. The maximum atomic E-state index is 12.4. The number of H-pyrrole nitrogens is 1. The van der Waals surface area contributed by atoms with Crippen LogP contribution in [0.15, 0.2) is 18.2 Å². The molecular weight excluding hydrogens is 362 g/mol. The van der Waals surface area contributed by atoms with Gasteiger partial charge in [-0.15, -0.1) is 11.3 Å². The van der Waals surface area contributed by atoms with E-state index in [0.717, 1.165) is 28.9 Å². The minimum Gasteiger partial charge on any atom is -0.378 e. The molecule has 4 rings (SSSR count). The van der Waals surface area contributed by atoms with Crippen LogP contribution >= 0.6 is 22.9 Å². The number of rotatable bonds is 4. The number of aromatic amines is 1. The summed E-state index contributed by atoms with van der Waals surface area (Å²) >= 11 is 7.50. The van der Waals surface area contributed by atoms with Crippen LogP contribution in [0.1, 0.15) is 16.5 Å². The number of hydrogen-bond acceptors (Lipinski definition) is 5. The van der Waals surface area contributed by atoms with Gasteiger partial charge in [0.25, 0.3) is 0 Å². The van der Waals surface area contributed by atoms with E-state index in [4.69, 9.17) is 16.3 Å². The number of nitrogens with zero attached hydrogens (tertiary/aromatic N) is 3. The van der Waals surface area contributed by atoms with Gasteiger partial charge in [0.2, 0.25) is 0 Å². The summed E-state index contributed by atoms with van der Waals surface area (Å²) in [7, 11) is 0. The lowest BCUT2D eigenvalue weighted by molar-refractivity contribution is 0.0346. The van der Waals surface area contributed by atoms with Gasteiger partial charge in [-0.3, -0.25) is 5.10 Å². The molecule has 0 unspecified atom stereocenters. The molecule has 134 valence electrons. The molecule has 0 aromatic carbocycles. The van der Waals surface area contributed by atoms with E-state index >= 15 is 0 Å². The third kappa shape index (κ3) is 3.75. The number of nitrogens with one attached hydrogen (secondary N) is 2. The molecule has 2 saturated heterocycles. The van der Waals surface area contributed by atoms with Gasteiger partial charge < -0.3 is 19.9 Å². The molecule has 2 aliphatic rings. The molecular formula is C16H20ClN5O2S. The summed E-state index contributed by atoms with van der Waals surface area (Å²) in [5.74, 6) is 1.14. The second kappa shape index (κ2) is 7.23. The summed E-state index contributed by atoms with van der Waals surface area (Å²) in [6.45, 7) is 4.81. The molecule has 2 amide bonds. The SMILES string of the molecule is O=C(N1CCOCC1)N1CC(c2cc(NCc3ccc(Cl)s3)n[nH]2)C1. The van der Waals surface area contributed by atoms with Crippen molar-refractivity contribution in [2.45, 2.75) is 12.5 Å². The number of likely N-dealkylation sites (tertiary alicyclic amines) is 1. The first-order valence-electron chi connectivity index (χ1n) is 8.34. The fourth-order valence-electron chi connectivity index (χ4n) is 3.05. The Kier molecular flexibility index (Phi) is 4.82. The normalized spacial score (nSPS) is 18.3. The van der Waals surface area contributed by atoms with Gasteiger partial charge in [-0.05, 0) is 12.1 Å². The Hall–Kier alpha value is -1.77. The standard InChI is InChI=1S/C16H20ClN5O2S/c17-14-2-1-12(25-14)8-18-15-7-13(19-20-15)11-9-22(10-11)16(23)21-3-5-24-6-4-21/h1-2,7,11H,3-6,8-10H2,(H2,18,19,20). The van der Waals surface area contributed by atoms with Crippen molar-refractivity contribution in [1.29, 1.82) is 0 Å². The fraction of sp³-hybridized carbons (Fsp3) is 0.500. The average Bonchev–Trinajstić information content (AvgIpc) is 3.21. The van der Waals surface area contributed by atoms with Crippen molar-refractivity contribution in [2.24, 2.45) is 0 Å². The molecule has 0 bridgehead atoms. The van der Waals surface area contributed by atoms with Crippen LogP contribution in [-0.4, -0.2) is 65.4 Å². The van der Waals surface area contributed by atoms with E-state index in [2.05, 4.69) is 15.5 Å². The molecule has 2 aromatic rings. The number of amides is 2. The third-order valence-corrected chi connectivity index (χ3v) is 5.77. The second-order valence-electron chi connectivity index (χ2n) is 6.25. The van der Waals surface area contributed by atoms with Crippen molar-refractivity contribution in [1.82, 2.24) is 20.0 Å². The van der Waals surface area contributed by atoms with Crippen molar-refractivity contribution < 1.29 is 9.53 Å². The zero-order valence-corrected chi connectivity index (χ0v) is 15.3. The van der Waals surface area contributed by atoms with Crippen molar-refractivity contribution in [3.63, 3.8) is 0 Å². The summed E-state index contributed by atoms with van der Waals surface area (Å²) in [6, 6.07) is 6.05. The largest absolute Gasteiger partial charge is 0.378 e. The first kappa shape index (κ1) is 16.7. The van der Waals surface area contributed by atoms with E-state index < -0.39 is 0 Å². The highest BCUT2D eigenvalue weighted by molar-refractivity contribution is 7.16. The Balaban J connectivity index is 1.26. The van der Waals surface area contributed by atoms with E-state index in [9.17, 15) is 4.79 Å². The Morgan fingerprint density at radius 2 is 2.16 bits per heavy atom. The Morgan fingerprint density at radius 3 is 2.88 bits per heavy atom. The highest BCUT2D eigenvalue weighted by Gasteiger charge is 2.35. The van der Waals surface area contributed by atoms with Crippen LogP contribution in [-0.2, 0) is 11.3 Å². The van der Waals surface area contributed by atoms with E-state index in [0.29, 0.717) is 38.8 Å². The molecule has 2 aliphatic heterocycles. The fourth-order valence-corrected chi connectivity index (χ4v) is 4.07. The number of carbonyl (C=O) groups is 1. The second-order valence-corrected chi connectivity index (χ2v) is 8.05. The zero-order chi connectivity index (χ0) is 17.2. The van der Waals surface area contributed by atoms with Crippen molar-refractivity contribution in [2.75, 3.05) is 44.7 Å². The summed E-state index contributed by atoms with van der Waals surface area (Å²) in [4.78, 5) is 17.3. The van der Waals surface area contributed by atoms with Gasteiger partial charge in [0.1, 0.15) is 5.82 Å². The predicted molar refractivity (Wildman–Crippen MR) is 97.3 cm³/mol. The van der Waals surface area contributed by atoms with Crippen molar-refractivity contribution in [3.8, 4) is 0 Å². The third-order valence-electron chi connectivity index (χ3n) is 4.54. The Morgan fingerprint density at radius 1 is 1.36 bits per heavy atom. The molecule has 25 heavy (non-hydrogen) atoms. The van der Waals surface area contributed by atoms with Gasteiger partial charge >= 0.3 is 6.03 Å². The van der Waals surface area contributed by atoms with Gasteiger partial charge in [0.15, 0.2) is 0 Å². The summed E-state index contributed by atoms with van der Waals surface area (Å²) in [5, 5.41) is 10.7. The van der Waals surface area contributed by atoms with Crippen molar-refractivity contribution >= 4 is 34.8 Å². The predicted octanol–water partition coefficient (Wildman–Crippen LogP) is 2.59. The Labute approximate surface area is 154 Å². The number of carbonyl (C=O) groups excluding carboxylic acids is 1. The molecule has 0 radical (unpaired) electrons. The van der Waals surface area contributed by atoms with Crippen LogP contribution in [0.25, 0.3) is 0 Å². The minimum atomic E-state index is 0.118. The van der Waals surface area contributed by atoms with Crippen LogP contribution in [0.2, 0.25) is 4.34 Å². The van der Waals surface area contributed by atoms with Gasteiger partial charge in [0, 0.05) is 48.7 Å².